The van der Waals surface area contributed by atoms with E-state index in [1.165, 1.54) is 0 Å². The molecule has 1 aliphatic rings. The maximum Gasteiger partial charge on any atom is 0.186 e. The summed E-state index contributed by atoms with van der Waals surface area (Å²) in [5, 5.41) is 27.2. The molecule has 3 N–H and O–H groups in total. The summed E-state index contributed by atoms with van der Waals surface area (Å²) >= 11 is 0. The molecule has 1 heterocycles. The molecule has 1 radical (unpaired) electrons. The normalized spacial score (nSPS) is 43.0. The third kappa shape index (κ3) is 1.94. The SMILES string of the molecule is [CH2]OC1OC(CO)CC(O)C1O. The summed E-state index contributed by atoms with van der Waals surface area (Å²) in [4.78, 5) is 0. The van der Waals surface area contributed by atoms with E-state index in [1.54, 1.807) is 0 Å². The second kappa shape index (κ2) is 4.15. The molecule has 0 saturated carbocycles. The smallest absolute Gasteiger partial charge is 0.186 e. The van der Waals surface area contributed by atoms with Crippen LogP contribution in [0.15, 0.2) is 0 Å². The summed E-state index contributed by atoms with van der Waals surface area (Å²) in [6.45, 7) is -0.205. The van der Waals surface area contributed by atoms with Gasteiger partial charge in [-0.3, -0.25) is 0 Å². The number of hydrogen-bond acceptors (Lipinski definition) is 5. The first-order valence-corrected chi connectivity index (χ1v) is 3.72. The van der Waals surface area contributed by atoms with Gasteiger partial charge in [-0.15, -0.1) is 0 Å². The third-order valence-electron chi connectivity index (χ3n) is 1.87. The Hall–Kier alpha value is -0.200. The van der Waals surface area contributed by atoms with E-state index in [9.17, 15) is 10.2 Å². The molecule has 71 valence electrons. The Morgan fingerprint density at radius 3 is 2.67 bits per heavy atom. The standard InChI is InChI=1S/C7H13O5/c1-11-7-6(10)5(9)2-4(3-8)12-7/h4-10H,1-3H2. The molecular weight excluding hydrogens is 164 g/mol. The van der Waals surface area contributed by atoms with Crippen molar-refractivity contribution in [2.24, 2.45) is 0 Å². The van der Waals surface area contributed by atoms with Gasteiger partial charge in [0.2, 0.25) is 0 Å². The molecule has 5 heteroatoms. The third-order valence-corrected chi connectivity index (χ3v) is 1.87. The Bertz CT molecular complexity index is 140. The fourth-order valence-electron chi connectivity index (χ4n) is 1.17. The van der Waals surface area contributed by atoms with Gasteiger partial charge < -0.3 is 24.8 Å². The number of rotatable bonds is 2. The van der Waals surface area contributed by atoms with Crippen LogP contribution in [-0.4, -0.2) is 46.5 Å². The van der Waals surface area contributed by atoms with E-state index < -0.39 is 24.6 Å². The second-order valence-electron chi connectivity index (χ2n) is 2.77. The Morgan fingerprint density at radius 2 is 2.17 bits per heavy atom. The van der Waals surface area contributed by atoms with Crippen molar-refractivity contribution in [3.05, 3.63) is 7.11 Å². The quantitative estimate of drug-likeness (QED) is 0.484. The molecule has 4 atom stereocenters. The zero-order valence-corrected chi connectivity index (χ0v) is 6.59. The number of aliphatic hydroxyl groups is 3. The molecule has 5 nitrogen and oxygen atoms in total. The summed E-state index contributed by atoms with van der Waals surface area (Å²) < 4.78 is 9.54. The fraction of sp³-hybridized carbons (Fsp3) is 0.857. The lowest BCUT2D eigenvalue weighted by molar-refractivity contribution is -0.255. The van der Waals surface area contributed by atoms with Gasteiger partial charge in [0.05, 0.1) is 25.9 Å². The van der Waals surface area contributed by atoms with Gasteiger partial charge in [-0.25, -0.2) is 0 Å². The Kier molecular flexibility index (Phi) is 3.42. The minimum atomic E-state index is -1.09. The van der Waals surface area contributed by atoms with E-state index >= 15 is 0 Å². The predicted molar refractivity (Wildman–Crippen MR) is 38.8 cm³/mol. The number of aliphatic hydroxyl groups excluding tert-OH is 3. The zero-order valence-electron chi connectivity index (χ0n) is 6.59. The van der Waals surface area contributed by atoms with Gasteiger partial charge in [0, 0.05) is 6.42 Å². The molecule has 1 aliphatic heterocycles. The molecule has 0 aromatic carbocycles. The van der Waals surface area contributed by atoms with E-state index in [2.05, 4.69) is 11.8 Å². The molecule has 0 bridgehead atoms. The average molecular weight is 177 g/mol. The number of hydrogen-bond donors (Lipinski definition) is 3. The van der Waals surface area contributed by atoms with Gasteiger partial charge in [0.1, 0.15) is 6.10 Å². The van der Waals surface area contributed by atoms with Gasteiger partial charge in [0.15, 0.2) is 6.29 Å². The highest BCUT2D eigenvalue weighted by Crippen LogP contribution is 2.20. The van der Waals surface area contributed by atoms with Gasteiger partial charge in [-0.05, 0) is 0 Å². The molecule has 0 aromatic heterocycles. The molecule has 1 saturated heterocycles. The van der Waals surface area contributed by atoms with Crippen LogP contribution in [0.4, 0.5) is 0 Å². The van der Waals surface area contributed by atoms with Gasteiger partial charge >= 0.3 is 0 Å². The predicted octanol–water partition coefficient (Wildman–Crippen LogP) is -1.38. The molecule has 0 spiro atoms. The van der Waals surface area contributed by atoms with Crippen molar-refractivity contribution in [1.82, 2.24) is 0 Å². The van der Waals surface area contributed by atoms with Crippen LogP contribution >= 0.6 is 0 Å². The largest absolute Gasteiger partial charge is 0.394 e. The maximum absolute atomic E-state index is 9.23. The average Bonchev–Trinajstić information content (AvgIpc) is 2.09. The monoisotopic (exact) mass is 177 g/mol. The van der Waals surface area contributed by atoms with Crippen molar-refractivity contribution in [2.75, 3.05) is 6.61 Å². The maximum atomic E-state index is 9.23. The first-order chi connectivity index (χ1) is 5.69. The minimum absolute atomic E-state index is 0.205. The summed E-state index contributed by atoms with van der Waals surface area (Å²) in [5.41, 5.74) is 0. The molecular formula is C7H13O5. The molecule has 0 aliphatic carbocycles. The minimum Gasteiger partial charge on any atom is -0.394 e. The van der Waals surface area contributed by atoms with Crippen LogP contribution in [0, 0.1) is 7.11 Å². The fourth-order valence-corrected chi connectivity index (χ4v) is 1.17. The molecule has 4 unspecified atom stereocenters. The lowest BCUT2D eigenvalue weighted by Crippen LogP contribution is -2.49. The van der Waals surface area contributed by atoms with E-state index in [0.717, 1.165) is 0 Å². The highest BCUT2D eigenvalue weighted by Gasteiger charge is 2.36. The van der Waals surface area contributed by atoms with Crippen LogP contribution in [0.5, 0.6) is 0 Å². The topological polar surface area (TPSA) is 79.2 Å². The van der Waals surface area contributed by atoms with Gasteiger partial charge in [-0.2, -0.15) is 0 Å². The van der Waals surface area contributed by atoms with Crippen LogP contribution < -0.4 is 0 Å². The molecule has 1 rings (SSSR count). The van der Waals surface area contributed by atoms with Crippen LogP contribution in [0.3, 0.4) is 0 Å². The van der Waals surface area contributed by atoms with Crippen LogP contribution in [0.1, 0.15) is 6.42 Å². The van der Waals surface area contributed by atoms with Crippen molar-refractivity contribution >= 4 is 0 Å². The molecule has 12 heavy (non-hydrogen) atoms. The van der Waals surface area contributed by atoms with E-state index in [1.807, 2.05) is 0 Å². The Balaban J connectivity index is 2.52. The van der Waals surface area contributed by atoms with Crippen LogP contribution in [0.2, 0.25) is 0 Å². The van der Waals surface area contributed by atoms with Crippen molar-refractivity contribution in [1.29, 1.82) is 0 Å². The number of ether oxygens (including phenoxy) is 2. The first kappa shape index (κ1) is 9.88. The second-order valence-corrected chi connectivity index (χ2v) is 2.77. The van der Waals surface area contributed by atoms with Crippen LogP contribution in [-0.2, 0) is 9.47 Å². The highest BCUT2D eigenvalue weighted by atomic mass is 16.7. The lowest BCUT2D eigenvalue weighted by Gasteiger charge is -2.35. The zero-order chi connectivity index (χ0) is 9.14. The van der Waals surface area contributed by atoms with E-state index in [0.29, 0.717) is 0 Å². The summed E-state index contributed by atoms with van der Waals surface area (Å²) in [5.74, 6) is 0. The molecule has 1 fully saturated rings. The summed E-state index contributed by atoms with van der Waals surface area (Å²) in [7, 11) is 3.09. The van der Waals surface area contributed by atoms with Gasteiger partial charge in [0.25, 0.3) is 0 Å². The van der Waals surface area contributed by atoms with E-state index in [4.69, 9.17) is 9.84 Å². The first-order valence-electron chi connectivity index (χ1n) is 3.72. The van der Waals surface area contributed by atoms with E-state index in [-0.39, 0.29) is 13.0 Å². The summed E-state index contributed by atoms with van der Waals surface area (Å²) in [6, 6.07) is 0. The molecule has 0 amide bonds. The van der Waals surface area contributed by atoms with Crippen molar-refractivity contribution in [3.8, 4) is 0 Å². The Morgan fingerprint density at radius 1 is 1.50 bits per heavy atom. The molecule has 0 aromatic rings. The highest BCUT2D eigenvalue weighted by molar-refractivity contribution is 4.80. The van der Waals surface area contributed by atoms with Crippen molar-refractivity contribution < 1.29 is 24.8 Å². The van der Waals surface area contributed by atoms with Crippen molar-refractivity contribution in [2.45, 2.75) is 31.0 Å². The van der Waals surface area contributed by atoms with Gasteiger partial charge in [-0.1, -0.05) is 0 Å². The van der Waals surface area contributed by atoms with Crippen molar-refractivity contribution in [3.63, 3.8) is 0 Å². The van der Waals surface area contributed by atoms with Crippen LogP contribution in [0.25, 0.3) is 0 Å². The lowest BCUT2D eigenvalue weighted by atomic mass is 10.0. The Labute approximate surface area is 70.5 Å². The summed E-state index contributed by atoms with van der Waals surface area (Å²) in [6.07, 6.45) is -3.26.